The Balaban J connectivity index is 1.71. The predicted octanol–water partition coefficient (Wildman–Crippen LogP) is 3.83. The standard InChI is InChI=1S/C20H18FN3O/c1-13-5-7-17(18(21)10-13)19-8-6-16(12-23-19)20(25)24-11-15-4-3-9-22-14(15)2/h3-10,12H,11H2,1-2H3,(H,24,25). The van der Waals surface area contributed by atoms with Crippen LogP contribution in [0.2, 0.25) is 0 Å². The summed E-state index contributed by atoms with van der Waals surface area (Å²) < 4.78 is 14.0. The molecule has 0 atom stereocenters. The van der Waals surface area contributed by atoms with E-state index in [1.165, 1.54) is 12.3 Å². The van der Waals surface area contributed by atoms with Crippen molar-refractivity contribution in [2.75, 3.05) is 0 Å². The molecule has 0 saturated heterocycles. The van der Waals surface area contributed by atoms with Gasteiger partial charge in [0.15, 0.2) is 0 Å². The molecule has 1 amide bonds. The molecule has 25 heavy (non-hydrogen) atoms. The first-order chi connectivity index (χ1) is 12.0. The highest BCUT2D eigenvalue weighted by Gasteiger charge is 2.10. The molecule has 126 valence electrons. The number of aromatic nitrogens is 2. The lowest BCUT2D eigenvalue weighted by atomic mass is 10.1. The van der Waals surface area contributed by atoms with Crippen LogP contribution in [0.5, 0.6) is 0 Å². The van der Waals surface area contributed by atoms with E-state index >= 15 is 0 Å². The zero-order valence-corrected chi connectivity index (χ0v) is 14.1. The number of nitrogens with zero attached hydrogens (tertiary/aromatic N) is 2. The molecular weight excluding hydrogens is 317 g/mol. The number of carbonyl (C=O) groups excluding carboxylic acids is 1. The van der Waals surface area contributed by atoms with Crippen LogP contribution in [0.4, 0.5) is 4.39 Å². The number of hydrogen-bond donors (Lipinski definition) is 1. The Morgan fingerprint density at radius 1 is 1.12 bits per heavy atom. The number of nitrogens with one attached hydrogen (secondary N) is 1. The van der Waals surface area contributed by atoms with Crippen molar-refractivity contribution in [1.29, 1.82) is 0 Å². The summed E-state index contributed by atoms with van der Waals surface area (Å²) in [6.45, 7) is 4.12. The largest absolute Gasteiger partial charge is 0.348 e. The van der Waals surface area contributed by atoms with Crippen LogP contribution >= 0.6 is 0 Å². The maximum atomic E-state index is 14.0. The van der Waals surface area contributed by atoms with E-state index in [0.717, 1.165) is 16.8 Å². The summed E-state index contributed by atoms with van der Waals surface area (Å²) in [5, 5.41) is 2.84. The van der Waals surface area contributed by atoms with E-state index in [0.29, 0.717) is 23.4 Å². The molecule has 0 aliphatic carbocycles. The maximum Gasteiger partial charge on any atom is 0.253 e. The van der Waals surface area contributed by atoms with Crippen LogP contribution < -0.4 is 5.32 Å². The lowest BCUT2D eigenvalue weighted by molar-refractivity contribution is 0.0950. The van der Waals surface area contributed by atoms with Crippen molar-refractivity contribution in [3.8, 4) is 11.3 Å². The normalized spacial score (nSPS) is 10.5. The summed E-state index contributed by atoms with van der Waals surface area (Å²) >= 11 is 0. The molecule has 2 aromatic heterocycles. The van der Waals surface area contributed by atoms with Crippen LogP contribution in [-0.4, -0.2) is 15.9 Å². The quantitative estimate of drug-likeness (QED) is 0.788. The molecule has 0 saturated carbocycles. The van der Waals surface area contributed by atoms with Gasteiger partial charge in [0.2, 0.25) is 0 Å². The SMILES string of the molecule is Cc1ccc(-c2ccc(C(=O)NCc3cccnc3C)cn2)c(F)c1. The molecule has 3 rings (SSSR count). The minimum atomic E-state index is -0.322. The summed E-state index contributed by atoms with van der Waals surface area (Å²) in [7, 11) is 0. The van der Waals surface area contributed by atoms with Crippen molar-refractivity contribution < 1.29 is 9.18 Å². The Labute approximate surface area is 145 Å². The number of halogens is 1. The summed E-state index contributed by atoms with van der Waals surface area (Å²) in [5.74, 6) is -0.552. The zero-order valence-electron chi connectivity index (χ0n) is 14.1. The van der Waals surface area contributed by atoms with E-state index in [-0.39, 0.29) is 11.7 Å². The molecule has 0 radical (unpaired) electrons. The van der Waals surface area contributed by atoms with Crippen molar-refractivity contribution in [2.45, 2.75) is 20.4 Å². The molecule has 0 bridgehead atoms. The number of hydrogen-bond acceptors (Lipinski definition) is 3. The lowest BCUT2D eigenvalue weighted by Gasteiger charge is -2.08. The Kier molecular flexibility index (Phi) is 4.84. The molecule has 5 heteroatoms. The van der Waals surface area contributed by atoms with E-state index in [1.54, 1.807) is 24.4 Å². The van der Waals surface area contributed by atoms with Crippen molar-refractivity contribution >= 4 is 5.91 Å². The van der Waals surface area contributed by atoms with E-state index in [4.69, 9.17) is 0 Å². The molecule has 0 aliphatic heterocycles. The summed E-state index contributed by atoms with van der Waals surface area (Å²) in [6.07, 6.45) is 3.17. The monoisotopic (exact) mass is 335 g/mol. The van der Waals surface area contributed by atoms with E-state index in [1.807, 2.05) is 32.0 Å². The number of amides is 1. The van der Waals surface area contributed by atoms with Gasteiger partial charge in [-0.3, -0.25) is 14.8 Å². The van der Waals surface area contributed by atoms with Crippen LogP contribution in [0.25, 0.3) is 11.3 Å². The third-order valence-electron chi connectivity index (χ3n) is 3.98. The molecule has 3 aromatic rings. The summed E-state index contributed by atoms with van der Waals surface area (Å²) in [5.41, 5.74) is 4.04. The smallest absolute Gasteiger partial charge is 0.253 e. The number of rotatable bonds is 4. The second-order valence-corrected chi connectivity index (χ2v) is 5.85. The third-order valence-corrected chi connectivity index (χ3v) is 3.98. The third kappa shape index (κ3) is 3.88. The first kappa shape index (κ1) is 16.8. The van der Waals surface area contributed by atoms with Gasteiger partial charge in [0, 0.05) is 30.2 Å². The fourth-order valence-corrected chi connectivity index (χ4v) is 2.50. The molecule has 1 aromatic carbocycles. The molecule has 1 N–H and O–H groups in total. The minimum Gasteiger partial charge on any atom is -0.348 e. The van der Waals surface area contributed by atoms with Crippen LogP contribution in [0.3, 0.4) is 0 Å². The van der Waals surface area contributed by atoms with Crippen molar-refractivity contribution in [3.05, 3.63) is 83.1 Å². The summed E-state index contributed by atoms with van der Waals surface area (Å²) in [6, 6.07) is 12.0. The molecule has 0 aliphatic rings. The van der Waals surface area contributed by atoms with Gasteiger partial charge in [0.1, 0.15) is 5.82 Å². The predicted molar refractivity (Wildman–Crippen MR) is 94.5 cm³/mol. The van der Waals surface area contributed by atoms with E-state index in [2.05, 4.69) is 15.3 Å². The number of carbonyl (C=O) groups is 1. The van der Waals surface area contributed by atoms with Crippen LogP contribution in [0, 0.1) is 19.7 Å². The molecular formula is C20H18FN3O. The summed E-state index contributed by atoms with van der Waals surface area (Å²) in [4.78, 5) is 20.7. The van der Waals surface area contributed by atoms with Gasteiger partial charge >= 0.3 is 0 Å². The topological polar surface area (TPSA) is 54.9 Å². The fourth-order valence-electron chi connectivity index (χ4n) is 2.50. The molecule has 4 nitrogen and oxygen atoms in total. The van der Waals surface area contributed by atoms with Gasteiger partial charge in [-0.15, -0.1) is 0 Å². The number of aryl methyl sites for hydroxylation is 2. The van der Waals surface area contributed by atoms with Gasteiger partial charge in [-0.1, -0.05) is 12.1 Å². The highest BCUT2D eigenvalue weighted by molar-refractivity contribution is 5.94. The van der Waals surface area contributed by atoms with Crippen molar-refractivity contribution in [1.82, 2.24) is 15.3 Å². The molecule has 0 unspecified atom stereocenters. The first-order valence-corrected chi connectivity index (χ1v) is 7.96. The van der Waals surface area contributed by atoms with E-state index < -0.39 is 0 Å². The Hall–Kier alpha value is -3.08. The number of pyridine rings is 2. The average Bonchev–Trinajstić information content (AvgIpc) is 2.61. The van der Waals surface area contributed by atoms with Gasteiger partial charge in [-0.2, -0.15) is 0 Å². The average molecular weight is 335 g/mol. The van der Waals surface area contributed by atoms with Crippen LogP contribution in [-0.2, 0) is 6.54 Å². The molecule has 2 heterocycles. The fraction of sp³-hybridized carbons (Fsp3) is 0.150. The first-order valence-electron chi connectivity index (χ1n) is 7.96. The highest BCUT2D eigenvalue weighted by atomic mass is 19.1. The lowest BCUT2D eigenvalue weighted by Crippen LogP contribution is -2.23. The minimum absolute atomic E-state index is 0.230. The Morgan fingerprint density at radius 3 is 2.64 bits per heavy atom. The van der Waals surface area contributed by atoms with Crippen molar-refractivity contribution in [3.63, 3.8) is 0 Å². The van der Waals surface area contributed by atoms with Gasteiger partial charge in [0.25, 0.3) is 5.91 Å². The molecule has 0 fully saturated rings. The Morgan fingerprint density at radius 2 is 1.96 bits per heavy atom. The zero-order chi connectivity index (χ0) is 17.8. The van der Waals surface area contributed by atoms with Crippen molar-refractivity contribution in [2.24, 2.45) is 0 Å². The Bertz CT molecular complexity index is 907. The second-order valence-electron chi connectivity index (χ2n) is 5.85. The van der Waals surface area contributed by atoms with E-state index in [9.17, 15) is 9.18 Å². The second kappa shape index (κ2) is 7.21. The van der Waals surface area contributed by atoms with Crippen LogP contribution in [0.1, 0.15) is 27.2 Å². The highest BCUT2D eigenvalue weighted by Crippen LogP contribution is 2.21. The molecule has 0 spiro atoms. The van der Waals surface area contributed by atoms with Gasteiger partial charge in [0.05, 0.1) is 11.3 Å². The van der Waals surface area contributed by atoms with Gasteiger partial charge in [-0.25, -0.2) is 4.39 Å². The van der Waals surface area contributed by atoms with Crippen LogP contribution in [0.15, 0.2) is 54.9 Å². The van der Waals surface area contributed by atoms with Gasteiger partial charge < -0.3 is 5.32 Å². The maximum absolute atomic E-state index is 14.0. The number of benzene rings is 1. The van der Waals surface area contributed by atoms with Gasteiger partial charge in [-0.05, 0) is 55.3 Å².